The van der Waals surface area contributed by atoms with Crippen LogP contribution in [0.25, 0.3) is 10.9 Å². The molecule has 0 radical (unpaired) electrons. The summed E-state index contributed by atoms with van der Waals surface area (Å²) in [5.74, 6) is 0.0511. The minimum absolute atomic E-state index is 0.115. The van der Waals surface area contributed by atoms with Crippen LogP contribution in [0.2, 0.25) is 0 Å². The van der Waals surface area contributed by atoms with Gasteiger partial charge in [-0.1, -0.05) is 55.9 Å². The van der Waals surface area contributed by atoms with Crippen molar-refractivity contribution in [2.24, 2.45) is 0 Å². The average molecular weight is 426 g/mol. The summed E-state index contributed by atoms with van der Waals surface area (Å²) >= 11 is 1.27. The molecule has 158 valence electrons. The molecule has 0 aliphatic heterocycles. The number of ether oxygens (including phenoxy) is 1. The van der Waals surface area contributed by atoms with Gasteiger partial charge in [0.2, 0.25) is 5.91 Å². The molecule has 1 N–H and O–H groups in total. The topological polar surface area (TPSA) is 73.2 Å². The Bertz CT molecular complexity index is 1070. The number of methoxy groups -OCH3 is 1. The molecule has 1 heterocycles. The third-order valence-electron chi connectivity index (χ3n) is 4.94. The lowest BCUT2D eigenvalue weighted by Gasteiger charge is -2.15. The van der Waals surface area contributed by atoms with Crippen LogP contribution in [0.1, 0.15) is 25.0 Å². The molecule has 0 fully saturated rings. The maximum Gasteiger partial charge on any atom is 0.262 e. The van der Waals surface area contributed by atoms with Crippen molar-refractivity contribution in [2.45, 2.75) is 38.4 Å². The number of benzene rings is 2. The summed E-state index contributed by atoms with van der Waals surface area (Å²) in [5, 5.41) is 4.15. The van der Waals surface area contributed by atoms with E-state index in [1.165, 1.54) is 11.8 Å². The van der Waals surface area contributed by atoms with Crippen LogP contribution in [0.15, 0.2) is 52.4 Å². The van der Waals surface area contributed by atoms with Gasteiger partial charge < -0.3 is 10.1 Å². The smallest absolute Gasteiger partial charge is 0.262 e. The molecule has 6 nitrogen and oxygen atoms in total. The van der Waals surface area contributed by atoms with E-state index in [1.54, 1.807) is 17.7 Å². The predicted molar refractivity (Wildman–Crippen MR) is 122 cm³/mol. The van der Waals surface area contributed by atoms with Crippen LogP contribution in [-0.2, 0) is 28.9 Å². The van der Waals surface area contributed by atoms with E-state index in [1.807, 2.05) is 36.4 Å². The number of fused-ring (bicyclic) bond motifs is 1. The summed E-state index contributed by atoms with van der Waals surface area (Å²) in [5.41, 5.74) is 3.65. The summed E-state index contributed by atoms with van der Waals surface area (Å²) in [6.45, 7) is 4.93. The molecule has 30 heavy (non-hydrogen) atoms. The molecule has 0 atom stereocenters. The summed E-state index contributed by atoms with van der Waals surface area (Å²) in [4.78, 5) is 30.3. The fourth-order valence-electron chi connectivity index (χ4n) is 3.35. The Morgan fingerprint density at radius 2 is 1.80 bits per heavy atom. The predicted octanol–water partition coefficient (Wildman–Crippen LogP) is 3.90. The highest BCUT2D eigenvalue weighted by molar-refractivity contribution is 7.99. The molecule has 0 bridgehead atoms. The van der Waals surface area contributed by atoms with E-state index in [9.17, 15) is 9.59 Å². The summed E-state index contributed by atoms with van der Waals surface area (Å²) < 4.78 is 6.73. The lowest BCUT2D eigenvalue weighted by atomic mass is 10.0. The second kappa shape index (κ2) is 10.4. The first-order valence-corrected chi connectivity index (χ1v) is 11.1. The van der Waals surface area contributed by atoms with E-state index in [-0.39, 0.29) is 17.2 Å². The molecule has 0 unspecified atom stereocenters. The molecule has 1 amide bonds. The Hall–Kier alpha value is -2.64. The molecule has 0 aliphatic carbocycles. The number of anilines is 1. The van der Waals surface area contributed by atoms with Gasteiger partial charge in [-0.3, -0.25) is 14.2 Å². The summed E-state index contributed by atoms with van der Waals surface area (Å²) in [6, 6.07) is 13.3. The highest BCUT2D eigenvalue weighted by Crippen LogP contribution is 2.24. The largest absolute Gasteiger partial charge is 0.383 e. The number of hydrogen-bond acceptors (Lipinski definition) is 5. The molecule has 3 rings (SSSR count). The number of nitrogens with one attached hydrogen (secondary N) is 1. The number of hydrogen-bond donors (Lipinski definition) is 1. The van der Waals surface area contributed by atoms with Gasteiger partial charge in [-0.25, -0.2) is 4.98 Å². The number of aryl methyl sites for hydroxylation is 2. The second-order valence-corrected chi connectivity index (χ2v) is 7.80. The second-order valence-electron chi connectivity index (χ2n) is 6.86. The van der Waals surface area contributed by atoms with Gasteiger partial charge in [0.05, 0.1) is 29.8 Å². The molecule has 3 aromatic rings. The lowest BCUT2D eigenvalue weighted by molar-refractivity contribution is -0.113. The van der Waals surface area contributed by atoms with Gasteiger partial charge in [0.15, 0.2) is 5.16 Å². The normalized spacial score (nSPS) is 11.0. The van der Waals surface area contributed by atoms with Crippen molar-refractivity contribution in [3.8, 4) is 0 Å². The molecule has 7 heteroatoms. The molecule has 0 aliphatic rings. The number of aromatic nitrogens is 2. The number of nitrogens with zero attached hydrogens (tertiary/aromatic N) is 2. The standard InChI is InChI=1S/C23H27N3O3S/c1-4-16-9-8-10-17(5-2)21(16)25-20(27)15-30-23-24-19-12-7-6-11-18(19)22(28)26(23)13-14-29-3/h6-12H,4-5,13-15H2,1-3H3,(H,25,27). The van der Waals surface area contributed by atoms with Crippen molar-refractivity contribution in [1.82, 2.24) is 9.55 Å². The molecule has 0 saturated heterocycles. The highest BCUT2D eigenvalue weighted by Gasteiger charge is 2.15. The van der Waals surface area contributed by atoms with Gasteiger partial charge in [-0.05, 0) is 36.1 Å². The van der Waals surface area contributed by atoms with Gasteiger partial charge >= 0.3 is 0 Å². The van der Waals surface area contributed by atoms with Crippen LogP contribution in [0, 0.1) is 0 Å². The minimum atomic E-state index is -0.120. The van der Waals surface area contributed by atoms with Crippen molar-refractivity contribution in [3.63, 3.8) is 0 Å². The quantitative estimate of drug-likeness (QED) is 0.416. The van der Waals surface area contributed by atoms with Crippen molar-refractivity contribution in [2.75, 3.05) is 24.8 Å². The number of amides is 1. The van der Waals surface area contributed by atoms with Crippen LogP contribution in [0.4, 0.5) is 5.69 Å². The first-order chi connectivity index (χ1) is 14.6. The molecular formula is C23H27N3O3S. The Balaban J connectivity index is 1.83. The maximum atomic E-state index is 12.9. The van der Waals surface area contributed by atoms with Crippen LogP contribution in [0.5, 0.6) is 0 Å². The third-order valence-corrected chi connectivity index (χ3v) is 5.92. The third kappa shape index (κ3) is 4.91. The van der Waals surface area contributed by atoms with E-state index >= 15 is 0 Å². The number of para-hydroxylation sites is 2. The molecular weight excluding hydrogens is 398 g/mol. The Labute approximate surface area is 180 Å². The van der Waals surface area contributed by atoms with E-state index in [2.05, 4.69) is 24.1 Å². The van der Waals surface area contributed by atoms with Crippen LogP contribution in [-0.4, -0.2) is 34.9 Å². The fourth-order valence-corrected chi connectivity index (χ4v) is 4.17. The van der Waals surface area contributed by atoms with E-state index < -0.39 is 0 Å². The van der Waals surface area contributed by atoms with E-state index in [0.717, 1.165) is 29.7 Å². The van der Waals surface area contributed by atoms with E-state index in [0.29, 0.717) is 29.2 Å². The average Bonchev–Trinajstić information content (AvgIpc) is 2.77. The van der Waals surface area contributed by atoms with Gasteiger partial charge in [-0.15, -0.1) is 0 Å². The van der Waals surface area contributed by atoms with Crippen molar-refractivity contribution in [1.29, 1.82) is 0 Å². The van der Waals surface area contributed by atoms with Crippen LogP contribution >= 0.6 is 11.8 Å². The molecule has 2 aromatic carbocycles. The van der Waals surface area contributed by atoms with Gasteiger partial charge in [-0.2, -0.15) is 0 Å². The molecule has 0 saturated carbocycles. The number of rotatable bonds is 9. The van der Waals surface area contributed by atoms with Crippen molar-refractivity contribution >= 4 is 34.3 Å². The number of carbonyl (C=O) groups excluding carboxylic acids is 1. The Kier molecular flexibility index (Phi) is 7.65. The molecule has 0 spiro atoms. The minimum Gasteiger partial charge on any atom is -0.383 e. The van der Waals surface area contributed by atoms with Crippen molar-refractivity contribution in [3.05, 3.63) is 63.9 Å². The number of carbonyl (C=O) groups is 1. The van der Waals surface area contributed by atoms with Gasteiger partial charge in [0.1, 0.15) is 0 Å². The fraction of sp³-hybridized carbons (Fsp3) is 0.348. The lowest BCUT2D eigenvalue weighted by Crippen LogP contribution is -2.26. The zero-order valence-electron chi connectivity index (χ0n) is 17.6. The maximum absolute atomic E-state index is 12.9. The van der Waals surface area contributed by atoms with E-state index in [4.69, 9.17) is 4.74 Å². The van der Waals surface area contributed by atoms with Gasteiger partial charge in [0.25, 0.3) is 5.56 Å². The Morgan fingerprint density at radius 1 is 1.10 bits per heavy atom. The summed E-state index contributed by atoms with van der Waals surface area (Å²) in [6.07, 6.45) is 1.69. The summed E-state index contributed by atoms with van der Waals surface area (Å²) in [7, 11) is 1.59. The number of thioether (sulfide) groups is 1. The first kappa shape index (κ1) is 22.1. The van der Waals surface area contributed by atoms with Crippen molar-refractivity contribution < 1.29 is 9.53 Å². The van der Waals surface area contributed by atoms with Crippen LogP contribution < -0.4 is 10.9 Å². The van der Waals surface area contributed by atoms with Crippen LogP contribution in [0.3, 0.4) is 0 Å². The SMILES string of the molecule is CCc1cccc(CC)c1NC(=O)CSc1nc2ccccc2c(=O)n1CCOC. The van der Waals surface area contributed by atoms with Gasteiger partial charge in [0, 0.05) is 12.8 Å². The zero-order chi connectivity index (χ0) is 21.5. The zero-order valence-corrected chi connectivity index (χ0v) is 18.4. The Morgan fingerprint density at radius 3 is 2.47 bits per heavy atom. The molecule has 1 aromatic heterocycles. The first-order valence-electron chi connectivity index (χ1n) is 10.1. The monoisotopic (exact) mass is 425 g/mol. The highest BCUT2D eigenvalue weighted by atomic mass is 32.2.